The maximum atomic E-state index is 11.4. The zero-order chi connectivity index (χ0) is 33.9. The Kier molecular flexibility index (Phi) is 46.0. The van der Waals surface area contributed by atoms with Gasteiger partial charge in [-0.1, -0.05) is 94.0 Å². The van der Waals surface area contributed by atoms with Gasteiger partial charge < -0.3 is 16.4 Å². The smallest absolute Gasteiger partial charge is 0.351 e. The van der Waals surface area contributed by atoms with E-state index in [1.54, 1.807) is 13.1 Å². The first-order chi connectivity index (χ1) is 19.9. The zero-order valence-electron chi connectivity index (χ0n) is 26.9. The number of nitrogens with two attached hydrogens (primary N) is 1. The summed E-state index contributed by atoms with van der Waals surface area (Å²) in [7, 11) is -2.12. The molecule has 0 aliphatic rings. The van der Waals surface area contributed by atoms with Crippen LogP contribution >= 0.6 is 10.6 Å². The van der Waals surface area contributed by atoms with Gasteiger partial charge in [0.1, 0.15) is 0 Å². The second-order valence-electron chi connectivity index (χ2n) is 4.96. The minimum Gasteiger partial charge on any atom is -0.398 e. The van der Waals surface area contributed by atoms with Crippen LogP contribution in [0.4, 0.5) is 23.3 Å². The fourth-order valence-corrected chi connectivity index (χ4v) is 2.81. The van der Waals surface area contributed by atoms with Crippen molar-refractivity contribution in [3.8, 4) is 0 Å². The quantitative estimate of drug-likeness (QED) is 0.0987. The molecule has 1 aromatic carbocycles. The highest BCUT2D eigenvalue weighted by molar-refractivity contribution is 8.30. The number of hydrogen-bond donors (Lipinski definition) is 4. The van der Waals surface area contributed by atoms with Crippen molar-refractivity contribution in [2.45, 2.75) is 81.1 Å². The molecule has 1 aromatic heterocycles. The van der Waals surface area contributed by atoms with Gasteiger partial charge in [0, 0.05) is 26.5 Å². The summed E-state index contributed by atoms with van der Waals surface area (Å²) in [5.74, 6) is 0.162. The number of nitrogens with zero attached hydrogens (tertiary/aromatic N) is 5. The Hall–Kier alpha value is -4.20. The molecule has 0 saturated heterocycles. The van der Waals surface area contributed by atoms with Crippen molar-refractivity contribution in [1.82, 2.24) is 15.0 Å². The van der Waals surface area contributed by atoms with E-state index < -0.39 is 16.3 Å². The molecule has 5 N–H and O–H groups in total. The Balaban J connectivity index is -0.000000152. The fourth-order valence-electron chi connectivity index (χ4n) is 1.86. The summed E-state index contributed by atoms with van der Waals surface area (Å²) in [6, 6.07) is 3.90. The van der Waals surface area contributed by atoms with Gasteiger partial charge in [0.05, 0.1) is 10.6 Å². The van der Waals surface area contributed by atoms with E-state index in [1.165, 1.54) is 18.2 Å². The van der Waals surface area contributed by atoms with Crippen molar-refractivity contribution >= 4 is 33.9 Å². The Labute approximate surface area is 248 Å². The van der Waals surface area contributed by atoms with Crippen LogP contribution < -0.4 is 22.1 Å². The number of allylic oxidation sites excluding steroid dienone is 3. The molecule has 13 nitrogen and oxygen atoms in total. The monoisotopic (exact) mass is 599 g/mol. The summed E-state index contributed by atoms with van der Waals surface area (Å²) >= 11 is 0. The lowest BCUT2D eigenvalue weighted by atomic mass is 10.3. The molecular formula is C27H53N9O4S. The molecule has 1 heterocycles. The standard InChI is InChI=1S/C10H11N9O4S.C5H8.5C2H6.C2H4/c1-12-8-14-9(16-10(20)15-8)13-5-2-3-7(6(11)4-5)24(17-21,18-22)19-23;1-3-5-4-2;6*1-2/h2-4H,11H2,1H3,(H3,12,13,14,15,16,20);3-5H,1H2,2H3;5*1-2H3;1-2H2/b;5-4-;;;;;;. The van der Waals surface area contributed by atoms with Crippen molar-refractivity contribution in [2.75, 3.05) is 23.4 Å². The van der Waals surface area contributed by atoms with Crippen LogP contribution in [0.25, 0.3) is 0 Å². The molecule has 0 amide bonds. The number of aromatic amines is 1. The van der Waals surface area contributed by atoms with Crippen LogP contribution in [0, 0.1) is 14.7 Å². The van der Waals surface area contributed by atoms with E-state index in [0.29, 0.717) is 5.69 Å². The Morgan fingerprint density at radius 1 is 0.902 bits per heavy atom. The van der Waals surface area contributed by atoms with E-state index in [2.05, 4.69) is 59.1 Å². The number of hydrogen-bond acceptors (Lipinski definition) is 12. The maximum absolute atomic E-state index is 11.4. The first-order valence-corrected chi connectivity index (χ1v) is 14.8. The summed E-state index contributed by atoms with van der Waals surface area (Å²) in [6.07, 6.45) is 5.58. The topological polar surface area (TPSA) is 197 Å². The molecule has 0 aliphatic heterocycles. The number of nitrogens with one attached hydrogen (secondary N) is 3. The second-order valence-corrected chi connectivity index (χ2v) is 6.88. The van der Waals surface area contributed by atoms with E-state index in [-0.39, 0.29) is 22.5 Å². The van der Waals surface area contributed by atoms with Gasteiger partial charge in [-0.2, -0.15) is 9.97 Å². The van der Waals surface area contributed by atoms with E-state index in [4.69, 9.17) is 5.73 Å². The van der Waals surface area contributed by atoms with Gasteiger partial charge in [0.25, 0.3) is 0 Å². The lowest BCUT2D eigenvalue weighted by Crippen LogP contribution is -2.16. The van der Waals surface area contributed by atoms with E-state index in [0.717, 1.165) is 0 Å². The first-order valence-electron chi connectivity index (χ1n) is 13.3. The van der Waals surface area contributed by atoms with Crippen molar-refractivity contribution in [2.24, 2.45) is 13.7 Å². The summed E-state index contributed by atoms with van der Waals surface area (Å²) in [5.41, 5.74) is 5.36. The van der Waals surface area contributed by atoms with Gasteiger partial charge in [0.2, 0.25) is 11.9 Å². The Morgan fingerprint density at radius 2 is 1.37 bits per heavy atom. The second kappa shape index (κ2) is 37.9. The molecule has 2 rings (SSSR count). The molecule has 0 unspecified atom stereocenters. The van der Waals surface area contributed by atoms with Crippen molar-refractivity contribution in [1.29, 1.82) is 0 Å². The predicted octanol–water partition coefficient (Wildman–Crippen LogP) is 9.42. The molecule has 0 fully saturated rings. The maximum Gasteiger partial charge on any atom is 0.351 e. The number of aromatic nitrogens is 3. The van der Waals surface area contributed by atoms with Crippen LogP contribution in [0.3, 0.4) is 0 Å². The lowest BCUT2D eigenvalue weighted by molar-refractivity contribution is 0.995. The van der Waals surface area contributed by atoms with E-state index in [1.807, 2.05) is 88.3 Å². The summed E-state index contributed by atoms with van der Waals surface area (Å²) < 4.78 is 7.30. The van der Waals surface area contributed by atoms with E-state index in [9.17, 15) is 19.5 Å². The SMILES string of the molecule is C=C.C=C/C=C\C.CC.CC.CC.CC.CC.CNc1nc(Nc2ccc(S(N=O)(N=O)N=O)c(N)c2)[nH]c(=O)n1. The van der Waals surface area contributed by atoms with Crippen LogP contribution in [0.2, 0.25) is 0 Å². The first kappa shape index (κ1) is 49.7. The zero-order valence-corrected chi connectivity index (χ0v) is 27.8. The van der Waals surface area contributed by atoms with Crippen LogP contribution in [0.15, 0.2) is 79.6 Å². The van der Waals surface area contributed by atoms with Crippen molar-refractivity contribution < 1.29 is 0 Å². The van der Waals surface area contributed by atoms with Crippen LogP contribution in [0.5, 0.6) is 0 Å². The third-order valence-electron chi connectivity index (χ3n) is 3.08. The van der Waals surface area contributed by atoms with Crippen LogP contribution in [-0.4, -0.2) is 22.0 Å². The highest BCUT2D eigenvalue weighted by atomic mass is 32.3. The average molecular weight is 600 g/mol. The summed E-state index contributed by atoms with van der Waals surface area (Å²) in [6.45, 7) is 31.4. The van der Waals surface area contributed by atoms with Crippen LogP contribution in [0.1, 0.15) is 76.2 Å². The fraction of sp³-hybridized carbons (Fsp3) is 0.444. The Bertz CT molecular complexity index is 979. The normalized spacial score (nSPS) is 8.59. The molecule has 0 radical (unpaired) electrons. The molecular weight excluding hydrogens is 546 g/mol. The highest BCUT2D eigenvalue weighted by Crippen LogP contribution is 2.61. The predicted molar refractivity (Wildman–Crippen MR) is 183 cm³/mol. The molecule has 0 bridgehead atoms. The molecule has 0 atom stereocenters. The third-order valence-corrected chi connectivity index (χ3v) is 4.67. The van der Waals surface area contributed by atoms with Gasteiger partial charge in [-0.3, -0.25) is 4.98 Å². The lowest BCUT2D eigenvalue weighted by Gasteiger charge is -2.17. The van der Waals surface area contributed by atoms with Gasteiger partial charge >= 0.3 is 5.69 Å². The molecule has 0 spiro atoms. The van der Waals surface area contributed by atoms with E-state index >= 15 is 0 Å². The molecule has 2 aromatic rings. The van der Waals surface area contributed by atoms with Gasteiger partial charge in [-0.15, -0.1) is 27.9 Å². The number of anilines is 4. The summed E-state index contributed by atoms with van der Waals surface area (Å²) in [5, 5.41) is 5.36. The number of H-pyrrole nitrogens is 1. The number of rotatable bonds is 8. The molecule has 41 heavy (non-hydrogen) atoms. The van der Waals surface area contributed by atoms with Crippen molar-refractivity contribution in [3.63, 3.8) is 0 Å². The minimum absolute atomic E-state index is 0.0700. The van der Waals surface area contributed by atoms with Gasteiger partial charge in [0.15, 0.2) is 10.6 Å². The molecule has 14 heteroatoms. The summed E-state index contributed by atoms with van der Waals surface area (Å²) in [4.78, 5) is 53.5. The number of benzene rings is 1. The third kappa shape index (κ3) is 21.3. The Morgan fingerprint density at radius 3 is 1.68 bits per heavy atom. The van der Waals surface area contributed by atoms with Crippen molar-refractivity contribution in [3.05, 3.63) is 81.4 Å². The van der Waals surface area contributed by atoms with Gasteiger partial charge in [-0.25, -0.2) is 4.79 Å². The van der Waals surface area contributed by atoms with Gasteiger partial charge in [-0.05, 0) is 25.1 Å². The van der Waals surface area contributed by atoms with Crippen LogP contribution in [-0.2, 0) is 0 Å². The molecule has 236 valence electrons. The molecule has 0 aliphatic carbocycles. The number of nitrogen functional groups attached to an aromatic ring is 1. The largest absolute Gasteiger partial charge is 0.398 e. The molecule has 0 saturated carbocycles. The number of nitroso groups, excluding NO2 is 3. The average Bonchev–Trinajstić information content (AvgIpc) is 3.05. The highest BCUT2D eigenvalue weighted by Gasteiger charge is 2.33. The minimum atomic E-state index is -3.66.